The first-order chi connectivity index (χ1) is 9.47. The highest BCUT2D eigenvalue weighted by atomic mass is 16.5. The lowest BCUT2D eigenvalue weighted by molar-refractivity contribution is 0.461. The highest BCUT2D eigenvalue weighted by molar-refractivity contribution is 5.38. The molecule has 0 saturated heterocycles. The minimum Gasteiger partial charge on any atom is -0.439 e. The van der Waals surface area contributed by atoms with Gasteiger partial charge in [-0.2, -0.15) is 0 Å². The van der Waals surface area contributed by atoms with Crippen molar-refractivity contribution in [2.75, 3.05) is 0 Å². The Morgan fingerprint density at radius 1 is 1.10 bits per heavy atom. The summed E-state index contributed by atoms with van der Waals surface area (Å²) in [6.07, 6.45) is 1.73. The number of hydrogen-bond donors (Lipinski definition) is 1. The summed E-state index contributed by atoms with van der Waals surface area (Å²) >= 11 is 0. The predicted octanol–water partition coefficient (Wildman–Crippen LogP) is 4.33. The third-order valence-electron chi connectivity index (χ3n) is 3.37. The molecular formula is C17H22N2O. The fourth-order valence-corrected chi connectivity index (χ4v) is 2.24. The minimum absolute atomic E-state index is 0.0228. The molecule has 2 N–H and O–H groups in total. The van der Waals surface area contributed by atoms with Crippen LogP contribution in [0.3, 0.4) is 0 Å². The number of nitrogens with zero attached hydrogens (tertiary/aromatic N) is 1. The van der Waals surface area contributed by atoms with Crippen LogP contribution in [0.1, 0.15) is 49.4 Å². The summed E-state index contributed by atoms with van der Waals surface area (Å²) in [5.74, 6) is 1.90. The number of nitrogens with two attached hydrogens (primary N) is 1. The second-order valence-electron chi connectivity index (χ2n) is 5.49. The standard InChI is InChI=1S/C17H22N2O/c1-11(2)16-6-5-15(9-12(16)3)20-17-10-14(13(4)18)7-8-19-17/h5-11,13H,18H2,1-4H3/t13-/m0/s1. The molecule has 0 aliphatic heterocycles. The van der Waals surface area contributed by atoms with Crippen molar-refractivity contribution < 1.29 is 4.74 Å². The summed E-state index contributed by atoms with van der Waals surface area (Å²) in [5, 5.41) is 0. The largest absolute Gasteiger partial charge is 0.439 e. The van der Waals surface area contributed by atoms with Crippen molar-refractivity contribution in [1.29, 1.82) is 0 Å². The quantitative estimate of drug-likeness (QED) is 0.899. The van der Waals surface area contributed by atoms with Gasteiger partial charge < -0.3 is 10.5 Å². The number of aryl methyl sites for hydroxylation is 1. The summed E-state index contributed by atoms with van der Waals surface area (Å²) in [4.78, 5) is 4.23. The van der Waals surface area contributed by atoms with Crippen LogP contribution in [0.4, 0.5) is 0 Å². The van der Waals surface area contributed by atoms with Gasteiger partial charge in [0, 0.05) is 18.3 Å². The molecule has 1 atom stereocenters. The molecule has 0 radical (unpaired) electrons. The second kappa shape index (κ2) is 6.06. The van der Waals surface area contributed by atoms with Crippen LogP contribution in [0.5, 0.6) is 11.6 Å². The van der Waals surface area contributed by atoms with E-state index in [1.165, 1.54) is 11.1 Å². The van der Waals surface area contributed by atoms with Crippen LogP contribution in [0.25, 0.3) is 0 Å². The van der Waals surface area contributed by atoms with E-state index in [9.17, 15) is 0 Å². The fraction of sp³-hybridized carbons (Fsp3) is 0.353. The Balaban J connectivity index is 2.22. The molecule has 1 aromatic heterocycles. The van der Waals surface area contributed by atoms with Crippen molar-refractivity contribution in [1.82, 2.24) is 4.98 Å². The van der Waals surface area contributed by atoms with E-state index in [0.717, 1.165) is 11.3 Å². The number of ether oxygens (including phenoxy) is 1. The lowest BCUT2D eigenvalue weighted by Gasteiger charge is -2.12. The number of rotatable bonds is 4. The van der Waals surface area contributed by atoms with Gasteiger partial charge in [-0.1, -0.05) is 19.9 Å². The number of benzene rings is 1. The van der Waals surface area contributed by atoms with Gasteiger partial charge in [0.05, 0.1) is 0 Å². The molecule has 0 spiro atoms. The van der Waals surface area contributed by atoms with Crippen LogP contribution in [0.15, 0.2) is 36.5 Å². The molecule has 2 aromatic rings. The van der Waals surface area contributed by atoms with E-state index in [1.807, 2.05) is 25.1 Å². The maximum atomic E-state index is 5.87. The van der Waals surface area contributed by atoms with Crippen molar-refractivity contribution in [2.24, 2.45) is 5.73 Å². The smallest absolute Gasteiger partial charge is 0.219 e. The highest BCUT2D eigenvalue weighted by Gasteiger charge is 2.07. The summed E-state index contributed by atoms with van der Waals surface area (Å²) in [5.41, 5.74) is 9.47. The monoisotopic (exact) mass is 270 g/mol. The summed E-state index contributed by atoms with van der Waals surface area (Å²) in [7, 11) is 0. The zero-order valence-electron chi connectivity index (χ0n) is 12.6. The van der Waals surface area contributed by atoms with Crippen LogP contribution in [0.2, 0.25) is 0 Å². The van der Waals surface area contributed by atoms with Crippen LogP contribution >= 0.6 is 0 Å². The predicted molar refractivity (Wildman–Crippen MR) is 82.2 cm³/mol. The first-order valence-corrected chi connectivity index (χ1v) is 6.97. The molecule has 0 aliphatic carbocycles. The van der Waals surface area contributed by atoms with E-state index in [1.54, 1.807) is 6.20 Å². The van der Waals surface area contributed by atoms with Crippen molar-refractivity contribution in [3.63, 3.8) is 0 Å². The van der Waals surface area contributed by atoms with Crippen molar-refractivity contribution >= 4 is 0 Å². The van der Waals surface area contributed by atoms with E-state index >= 15 is 0 Å². The van der Waals surface area contributed by atoms with E-state index in [2.05, 4.69) is 37.9 Å². The van der Waals surface area contributed by atoms with Gasteiger partial charge in [0.1, 0.15) is 5.75 Å². The maximum absolute atomic E-state index is 5.87. The molecule has 2 rings (SSSR count). The van der Waals surface area contributed by atoms with Gasteiger partial charge in [-0.3, -0.25) is 0 Å². The molecule has 0 saturated carbocycles. The van der Waals surface area contributed by atoms with Crippen LogP contribution in [0, 0.1) is 6.92 Å². The van der Waals surface area contributed by atoms with E-state index in [4.69, 9.17) is 10.5 Å². The average Bonchev–Trinajstić information content (AvgIpc) is 2.38. The minimum atomic E-state index is -0.0228. The zero-order chi connectivity index (χ0) is 14.7. The Labute approximate surface area is 120 Å². The number of hydrogen-bond acceptors (Lipinski definition) is 3. The maximum Gasteiger partial charge on any atom is 0.219 e. The summed E-state index contributed by atoms with van der Waals surface area (Å²) in [6.45, 7) is 8.43. The number of aromatic nitrogens is 1. The van der Waals surface area contributed by atoms with E-state index < -0.39 is 0 Å². The third kappa shape index (κ3) is 3.36. The summed E-state index contributed by atoms with van der Waals surface area (Å²) in [6, 6.07) is 9.93. The Morgan fingerprint density at radius 2 is 1.85 bits per heavy atom. The molecule has 0 fully saturated rings. The molecule has 0 unspecified atom stereocenters. The molecule has 1 aromatic carbocycles. The third-order valence-corrected chi connectivity index (χ3v) is 3.37. The van der Waals surface area contributed by atoms with Gasteiger partial charge in [0.25, 0.3) is 0 Å². The Kier molecular flexibility index (Phi) is 4.40. The van der Waals surface area contributed by atoms with Gasteiger partial charge in [-0.25, -0.2) is 4.98 Å². The van der Waals surface area contributed by atoms with E-state index in [-0.39, 0.29) is 6.04 Å². The van der Waals surface area contributed by atoms with Crippen molar-refractivity contribution in [3.8, 4) is 11.6 Å². The van der Waals surface area contributed by atoms with Crippen LogP contribution in [-0.2, 0) is 0 Å². The molecule has 0 aliphatic rings. The fourth-order valence-electron chi connectivity index (χ4n) is 2.24. The first-order valence-electron chi connectivity index (χ1n) is 6.97. The van der Waals surface area contributed by atoms with Gasteiger partial charge in [0.2, 0.25) is 5.88 Å². The van der Waals surface area contributed by atoms with Gasteiger partial charge in [-0.05, 0) is 54.7 Å². The van der Waals surface area contributed by atoms with Crippen LogP contribution < -0.4 is 10.5 Å². The van der Waals surface area contributed by atoms with E-state index in [0.29, 0.717) is 11.8 Å². The Morgan fingerprint density at radius 3 is 2.45 bits per heavy atom. The average molecular weight is 270 g/mol. The molecule has 3 nitrogen and oxygen atoms in total. The molecule has 0 amide bonds. The van der Waals surface area contributed by atoms with Gasteiger partial charge in [-0.15, -0.1) is 0 Å². The van der Waals surface area contributed by atoms with Crippen molar-refractivity contribution in [3.05, 3.63) is 53.2 Å². The molecule has 3 heteroatoms. The highest BCUT2D eigenvalue weighted by Crippen LogP contribution is 2.27. The second-order valence-corrected chi connectivity index (χ2v) is 5.49. The number of pyridine rings is 1. The normalized spacial score (nSPS) is 12.5. The lowest BCUT2D eigenvalue weighted by atomic mass is 9.98. The SMILES string of the molecule is Cc1cc(Oc2cc([C@H](C)N)ccn2)ccc1C(C)C. The summed E-state index contributed by atoms with van der Waals surface area (Å²) < 4.78 is 5.82. The van der Waals surface area contributed by atoms with Crippen molar-refractivity contribution in [2.45, 2.75) is 39.7 Å². The Hall–Kier alpha value is -1.87. The van der Waals surface area contributed by atoms with Gasteiger partial charge in [0.15, 0.2) is 0 Å². The molecule has 1 heterocycles. The zero-order valence-corrected chi connectivity index (χ0v) is 12.6. The van der Waals surface area contributed by atoms with Gasteiger partial charge >= 0.3 is 0 Å². The first kappa shape index (κ1) is 14.5. The molecule has 20 heavy (non-hydrogen) atoms. The molecule has 106 valence electrons. The molecular weight excluding hydrogens is 248 g/mol. The Bertz CT molecular complexity index is 591. The molecule has 0 bridgehead atoms. The lowest BCUT2D eigenvalue weighted by Crippen LogP contribution is -2.05. The topological polar surface area (TPSA) is 48.1 Å². The van der Waals surface area contributed by atoms with Crippen LogP contribution in [-0.4, -0.2) is 4.98 Å².